The van der Waals surface area contributed by atoms with Crippen LogP contribution in [-0.2, 0) is 9.59 Å². The molecule has 0 aliphatic heterocycles. The smallest absolute Gasteiger partial charge is 0.321 e. The summed E-state index contributed by atoms with van der Waals surface area (Å²) in [5, 5.41) is 8.87. The van der Waals surface area contributed by atoms with Gasteiger partial charge in [0.15, 0.2) is 0 Å². The molecule has 5 nitrogen and oxygen atoms in total. The molecule has 0 fully saturated rings. The van der Waals surface area contributed by atoms with E-state index in [0.29, 0.717) is 5.75 Å². The number of carboxylic acids is 1. The van der Waals surface area contributed by atoms with Gasteiger partial charge in [0.2, 0.25) is 5.91 Å². The van der Waals surface area contributed by atoms with Crippen LogP contribution in [0.5, 0.6) is 0 Å². The van der Waals surface area contributed by atoms with Gasteiger partial charge in [0.1, 0.15) is 6.04 Å². The molecule has 17 heavy (non-hydrogen) atoms. The average Bonchev–Trinajstić information content (AvgIpc) is 2.23. The van der Waals surface area contributed by atoms with Gasteiger partial charge in [-0.15, -0.1) is 0 Å². The number of amides is 1. The second-order valence-electron chi connectivity index (χ2n) is 4.86. The number of nitrogens with two attached hydrogens (primary N) is 1. The van der Waals surface area contributed by atoms with E-state index in [4.69, 9.17) is 10.8 Å². The first-order valence-electron chi connectivity index (χ1n) is 5.43. The van der Waals surface area contributed by atoms with E-state index in [0.717, 1.165) is 0 Å². The third kappa shape index (κ3) is 4.95. The molecule has 0 aliphatic carbocycles. The molecule has 0 saturated carbocycles. The Hall–Kier alpha value is -0.750. The predicted molar refractivity (Wildman–Crippen MR) is 70.0 cm³/mol. The summed E-state index contributed by atoms with van der Waals surface area (Å²) in [4.78, 5) is 24.0. The van der Waals surface area contributed by atoms with E-state index in [1.807, 2.05) is 6.92 Å². The zero-order valence-electron chi connectivity index (χ0n) is 11.1. The van der Waals surface area contributed by atoms with Gasteiger partial charge in [-0.25, -0.2) is 0 Å². The first-order chi connectivity index (χ1) is 7.59. The van der Waals surface area contributed by atoms with Gasteiger partial charge >= 0.3 is 5.97 Å². The molecule has 0 aliphatic rings. The number of carbonyl (C=O) groups is 2. The van der Waals surface area contributed by atoms with Crippen LogP contribution in [0.15, 0.2) is 0 Å². The SMILES string of the molecule is C[C@H](CSC(C)(C)C(N)C(=O)O)C(=O)N(C)C. The Morgan fingerprint density at radius 1 is 1.41 bits per heavy atom. The number of rotatable bonds is 6. The van der Waals surface area contributed by atoms with Crippen molar-refractivity contribution >= 4 is 23.6 Å². The van der Waals surface area contributed by atoms with E-state index in [9.17, 15) is 9.59 Å². The van der Waals surface area contributed by atoms with Gasteiger partial charge in [0.05, 0.1) is 0 Å². The summed E-state index contributed by atoms with van der Waals surface area (Å²) in [5.74, 6) is -0.563. The highest BCUT2D eigenvalue weighted by Gasteiger charge is 2.33. The van der Waals surface area contributed by atoms with Gasteiger partial charge in [-0.3, -0.25) is 9.59 Å². The van der Waals surface area contributed by atoms with Crippen molar-refractivity contribution in [3.63, 3.8) is 0 Å². The van der Waals surface area contributed by atoms with Crippen molar-refractivity contribution < 1.29 is 14.7 Å². The topological polar surface area (TPSA) is 83.6 Å². The maximum absolute atomic E-state index is 11.6. The highest BCUT2D eigenvalue weighted by Crippen LogP contribution is 2.29. The quantitative estimate of drug-likeness (QED) is 0.733. The van der Waals surface area contributed by atoms with Crippen LogP contribution in [-0.4, -0.2) is 52.5 Å². The monoisotopic (exact) mass is 262 g/mol. The largest absolute Gasteiger partial charge is 0.480 e. The minimum atomic E-state index is -1.02. The fraction of sp³-hybridized carbons (Fsp3) is 0.818. The number of hydrogen-bond acceptors (Lipinski definition) is 4. The lowest BCUT2D eigenvalue weighted by atomic mass is 10.1. The molecule has 0 aromatic rings. The lowest BCUT2D eigenvalue weighted by molar-refractivity contribution is -0.139. The number of nitrogens with zero attached hydrogens (tertiary/aromatic N) is 1. The van der Waals surface area contributed by atoms with Gasteiger partial charge in [-0.2, -0.15) is 11.8 Å². The molecule has 0 rings (SSSR count). The molecule has 6 heteroatoms. The molecule has 2 atom stereocenters. The first-order valence-corrected chi connectivity index (χ1v) is 6.41. The Morgan fingerprint density at radius 3 is 2.24 bits per heavy atom. The molecule has 0 aromatic carbocycles. The van der Waals surface area contributed by atoms with Crippen LogP contribution < -0.4 is 5.73 Å². The van der Waals surface area contributed by atoms with Crippen LogP contribution in [0.2, 0.25) is 0 Å². The predicted octanol–water partition coefficient (Wildman–Crippen LogP) is 0.634. The number of hydrogen-bond donors (Lipinski definition) is 2. The molecular formula is C11H22N2O3S. The van der Waals surface area contributed by atoms with Crippen molar-refractivity contribution in [3.05, 3.63) is 0 Å². The third-order valence-electron chi connectivity index (χ3n) is 2.58. The molecule has 0 bridgehead atoms. The van der Waals surface area contributed by atoms with E-state index in [1.165, 1.54) is 16.7 Å². The minimum Gasteiger partial charge on any atom is -0.480 e. The Bertz CT molecular complexity index is 292. The van der Waals surface area contributed by atoms with Crippen molar-refractivity contribution in [1.82, 2.24) is 4.90 Å². The van der Waals surface area contributed by atoms with Crippen LogP contribution in [0.1, 0.15) is 20.8 Å². The molecule has 3 N–H and O–H groups in total. The molecule has 0 radical (unpaired) electrons. The summed E-state index contributed by atoms with van der Waals surface area (Å²) < 4.78 is -0.591. The fourth-order valence-electron chi connectivity index (χ4n) is 1.24. The van der Waals surface area contributed by atoms with Crippen LogP contribution in [0.4, 0.5) is 0 Å². The summed E-state index contributed by atoms with van der Waals surface area (Å²) in [6, 6.07) is -0.936. The van der Waals surface area contributed by atoms with E-state index < -0.39 is 16.8 Å². The highest BCUT2D eigenvalue weighted by molar-refractivity contribution is 8.00. The Labute approximate surface area is 107 Å². The number of carboxylic acid groups (broad SMARTS) is 1. The zero-order valence-corrected chi connectivity index (χ0v) is 11.9. The van der Waals surface area contributed by atoms with Crippen molar-refractivity contribution in [2.75, 3.05) is 19.8 Å². The standard InChI is InChI=1S/C11H22N2O3S/c1-7(9(14)13(4)5)6-17-11(2,3)8(12)10(15)16/h7-8H,6,12H2,1-5H3,(H,15,16)/t7-,8?/m1/s1. The van der Waals surface area contributed by atoms with Crippen LogP contribution in [0.3, 0.4) is 0 Å². The second-order valence-corrected chi connectivity index (χ2v) is 6.54. The lowest BCUT2D eigenvalue weighted by Crippen LogP contribution is -2.47. The van der Waals surface area contributed by atoms with Crippen LogP contribution in [0.25, 0.3) is 0 Å². The van der Waals surface area contributed by atoms with Gasteiger partial charge in [-0.05, 0) is 13.8 Å². The van der Waals surface area contributed by atoms with Crippen molar-refractivity contribution in [2.45, 2.75) is 31.6 Å². The van der Waals surface area contributed by atoms with E-state index >= 15 is 0 Å². The fourth-order valence-corrected chi connectivity index (χ4v) is 2.34. The second kappa shape index (κ2) is 6.26. The molecule has 100 valence electrons. The summed E-state index contributed by atoms with van der Waals surface area (Å²) in [6.45, 7) is 5.39. The molecule has 0 spiro atoms. The number of thioether (sulfide) groups is 1. The zero-order chi connectivity index (χ0) is 13.8. The molecule has 1 unspecified atom stereocenters. The molecule has 0 saturated heterocycles. The summed E-state index contributed by atoms with van der Waals surface area (Å²) >= 11 is 1.42. The van der Waals surface area contributed by atoms with Gasteiger partial charge in [-0.1, -0.05) is 6.92 Å². The Kier molecular flexibility index (Phi) is 5.98. The van der Waals surface area contributed by atoms with E-state index in [1.54, 1.807) is 27.9 Å². The lowest BCUT2D eigenvalue weighted by Gasteiger charge is -2.29. The van der Waals surface area contributed by atoms with Gasteiger partial charge in [0.25, 0.3) is 0 Å². The summed E-state index contributed by atoms with van der Waals surface area (Å²) in [5.41, 5.74) is 5.60. The van der Waals surface area contributed by atoms with Crippen molar-refractivity contribution in [2.24, 2.45) is 11.7 Å². The first kappa shape index (κ1) is 16.2. The minimum absolute atomic E-state index is 0.0391. The summed E-state index contributed by atoms with van der Waals surface area (Å²) in [6.07, 6.45) is 0. The van der Waals surface area contributed by atoms with E-state index in [-0.39, 0.29) is 11.8 Å². The van der Waals surface area contributed by atoms with Crippen LogP contribution >= 0.6 is 11.8 Å². The van der Waals surface area contributed by atoms with Crippen molar-refractivity contribution in [1.29, 1.82) is 0 Å². The van der Waals surface area contributed by atoms with Crippen LogP contribution in [0, 0.1) is 5.92 Å². The van der Waals surface area contributed by atoms with Gasteiger partial charge < -0.3 is 15.7 Å². The Balaban J connectivity index is 4.37. The molecule has 1 amide bonds. The molecule has 0 heterocycles. The van der Waals surface area contributed by atoms with E-state index in [2.05, 4.69) is 0 Å². The van der Waals surface area contributed by atoms with Crippen molar-refractivity contribution in [3.8, 4) is 0 Å². The highest BCUT2D eigenvalue weighted by atomic mass is 32.2. The van der Waals surface area contributed by atoms with Gasteiger partial charge in [0, 0.05) is 30.5 Å². The third-order valence-corrected chi connectivity index (χ3v) is 4.25. The maximum atomic E-state index is 11.6. The molecular weight excluding hydrogens is 240 g/mol. The normalized spacial score (nSPS) is 15.2. The maximum Gasteiger partial charge on any atom is 0.321 e. The summed E-state index contributed by atoms with van der Waals surface area (Å²) in [7, 11) is 3.41. The number of carbonyl (C=O) groups excluding carboxylic acids is 1. The molecule has 0 aromatic heterocycles. The average molecular weight is 262 g/mol. The number of aliphatic carboxylic acids is 1. The Morgan fingerprint density at radius 2 is 1.88 bits per heavy atom.